The minimum absolute atomic E-state index is 0.00495. The fourth-order valence-electron chi connectivity index (χ4n) is 6.50. The molecule has 0 heterocycles. The monoisotopic (exact) mass is 706 g/mol. The summed E-state index contributed by atoms with van der Waals surface area (Å²) in [6.45, 7) is 9.98. The number of aliphatic hydroxyl groups excluding tert-OH is 1. The first-order chi connectivity index (χ1) is 24.6. The molecule has 6 heteroatoms. The van der Waals surface area contributed by atoms with E-state index in [-0.39, 0.29) is 31.3 Å². The lowest BCUT2D eigenvalue weighted by atomic mass is 10.0. The van der Waals surface area contributed by atoms with Crippen LogP contribution in [-0.4, -0.2) is 60.9 Å². The number of carbonyl (C=O) groups excluding carboxylic acids is 2. The average molecular weight is 706 g/mol. The van der Waals surface area contributed by atoms with E-state index in [9.17, 15) is 14.7 Å². The highest BCUT2D eigenvalue weighted by Crippen LogP contribution is 2.18. The Kier molecular flexibility index (Phi) is 38.9. The van der Waals surface area contributed by atoms with Crippen LogP contribution in [-0.2, 0) is 19.1 Å². The molecule has 0 saturated heterocycles. The van der Waals surface area contributed by atoms with Crippen molar-refractivity contribution >= 4 is 11.9 Å². The maximum absolute atomic E-state index is 12.7. The molecule has 0 amide bonds. The molecule has 0 aromatic carbocycles. The predicted molar refractivity (Wildman–Crippen MR) is 212 cm³/mol. The number of nitrogens with zero attached hydrogens (tertiary/aromatic N) is 1. The van der Waals surface area contributed by atoms with E-state index in [0.717, 1.165) is 96.7 Å². The fourth-order valence-corrected chi connectivity index (χ4v) is 6.50. The van der Waals surface area contributed by atoms with Gasteiger partial charge in [0.25, 0.3) is 0 Å². The van der Waals surface area contributed by atoms with Gasteiger partial charge in [-0.1, -0.05) is 148 Å². The van der Waals surface area contributed by atoms with Crippen LogP contribution >= 0.6 is 0 Å². The van der Waals surface area contributed by atoms with Crippen molar-refractivity contribution in [3.63, 3.8) is 0 Å². The van der Waals surface area contributed by atoms with Gasteiger partial charge in [-0.05, 0) is 77.3 Å². The topological polar surface area (TPSA) is 76.1 Å². The highest BCUT2D eigenvalue weighted by atomic mass is 16.5. The molecule has 0 aliphatic rings. The van der Waals surface area contributed by atoms with Crippen LogP contribution in [0.15, 0.2) is 0 Å². The highest BCUT2D eigenvalue weighted by Gasteiger charge is 2.14. The van der Waals surface area contributed by atoms with E-state index in [0.29, 0.717) is 12.8 Å². The molecule has 0 fully saturated rings. The van der Waals surface area contributed by atoms with Crippen LogP contribution < -0.4 is 0 Å². The van der Waals surface area contributed by atoms with Crippen LogP contribution in [0.4, 0.5) is 0 Å². The Bertz CT molecular complexity index is 791. The molecule has 1 unspecified atom stereocenters. The van der Waals surface area contributed by atoms with Crippen LogP contribution in [0.3, 0.4) is 0 Å². The zero-order chi connectivity index (χ0) is 36.6. The molecule has 0 bridgehead atoms. The van der Waals surface area contributed by atoms with Crippen molar-refractivity contribution in [3.8, 4) is 11.8 Å². The normalized spacial score (nSPS) is 11.8. The second-order valence-electron chi connectivity index (χ2n) is 14.7. The van der Waals surface area contributed by atoms with E-state index in [1.807, 2.05) is 0 Å². The maximum atomic E-state index is 12.7. The van der Waals surface area contributed by atoms with Gasteiger partial charge in [-0.15, -0.1) is 0 Å². The van der Waals surface area contributed by atoms with E-state index in [2.05, 4.69) is 37.5 Å². The lowest BCUT2D eigenvalue weighted by Gasteiger charge is -2.22. The van der Waals surface area contributed by atoms with Crippen molar-refractivity contribution in [1.29, 1.82) is 0 Å². The number of rotatable bonds is 38. The van der Waals surface area contributed by atoms with Crippen LogP contribution in [0.5, 0.6) is 0 Å². The molecule has 0 saturated carbocycles. The van der Waals surface area contributed by atoms with Gasteiger partial charge in [0.05, 0.1) is 0 Å². The molecule has 0 aliphatic heterocycles. The Morgan fingerprint density at radius 1 is 0.520 bits per heavy atom. The first-order valence-corrected chi connectivity index (χ1v) is 21.7. The summed E-state index contributed by atoms with van der Waals surface area (Å²) in [6, 6.07) is 0. The summed E-state index contributed by atoms with van der Waals surface area (Å²) < 4.78 is 11.3. The molecule has 0 aliphatic carbocycles. The third-order valence-corrected chi connectivity index (χ3v) is 9.74. The number of aliphatic hydroxyl groups is 1. The van der Waals surface area contributed by atoms with Crippen LogP contribution in [0, 0.1) is 11.8 Å². The minimum atomic E-state index is -0.159. The molecule has 1 atom stereocenters. The Hall–Kier alpha value is -1.58. The Labute approximate surface area is 311 Å². The van der Waals surface area contributed by atoms with Crippen molar-refractivity contribution in [1.82, 2.24) is 4.90 Å². The van der Waals surface area contributed by atoms with Gasteiger partial charge in [-0.2, -0.15) is 0 Å². The van der Waals surface area contributed by atoms with Crippen molar-refractivity contribution in [2.24, 2.45) is 0 Å². The van der Waals surface area contributed by atoms with Crippen LogP contribution in [0.25, 0.3) is 0 Å². The van der Waals surface area contributed by atoms with Gasteiger partial charge >= 0.3 is 11.9 Å². The van der Waals surface area contributed by atoms with Gasteiger partial charge in [-0.3, -0.25) is 9.59 Å². The molecule has 1 N–H and O–H groups in total. The first-order valence-electron chi connectivity index (χ1n) is 21.7. The molecule has 0 rings (SSSR count). The third-order valence-electron chi connectivity index (χ3n) is 9.74. The quantitative estimate of drug-likeness (QED) is 0.0391. The third kappa shape index (κ3) is 36.2. The van der Waals surface area contributed by atoms with Crippen LogP contribution in [0.2, 0.25) is 0 Å². The lowest BCUT2D eigenvalue weighted by molar-refractivity contribution is -0.150. The summed E-state index contributed by atoms with van der Waals surface area (Å²) in [5, 5.41) is 9.34. The van der Waals surface area contributed by atoms with E-state index < -0.39 is 0 Å². The Morgan fingerprint density at radius 2 is 0.960 bits per heavy atom. The van der Waals surface area contributed by atoms with Gasteiger partial charge in [0.2, 0.25) is 0 Å². The van der Waals surface area contributed by atoms with Gasteiger partial charge in [-0.25, -0.2) is 0 Å². The SMILES string of the molecule is CCCCCCC#CCOC(=O)CCCCN(CCCO)CCCCCCCC(=O)OC(CCCCCCCC)CCCCCCCCCC. The summed E-state index contributed by atoms with van der Waals surface area (Å²) in [4.78, 5) is 27.2. The van der Waals surface area contributed by atoms with Crippen molar-refractivity contribution < 1.29 is 24.2 Å². The number of hydrogen-bond acceptors (Lipinski definition) is 6. The molecule has 0 aromatic heterocycles. The van der Waals surface area contributed by atoms with Gasteiger partial charge in [0, 0.05) is 32.4 Å². The smallest absolute Gasteiger partial charge is 0.306 e. The summed E-state index contributed by atoms with van der Waals surface area (Å²) in [5.74, 6) is 5.91. The predicted octanol–water partition coefficient (Wildman–Crippen LogP) is 11.9. The average Bonchev–Trinajstić information content (AvgIpc) is 3.11. The zero-order valence-corrected chi connectivity index (χ0v) is 33.6. The highest BCUT2D eigenvalue weighted by molar-refractivity contribution is 5.69. The fraction of sp³-hybridized carbons (Fsp3) is 0.909. The summed E-state index contributed by atoms with van der Waals surface area (Å²) in [5.41, 5.74) is 0. The largest absolute Gasteiger partial charge is 0.462 e. The Balaban J connectivity index is 4.18. The van der Waals surface area contributed by atoms with Crippen LogP contribution in [0.1, 0.15) is 220 Å². The maximum Gasteiger partial charge on any atom is 0.306 e. The van der Waals surface area contributed by atoms with E-state index in [1.54, 1.807) is 0 Å². The Morgan fingerprint density at radius 3 is 1.54 bits per heavy atom. The molecule has 0 spiro atoms. The van der Waals surface area contributed by atoms with Crippen molar-refractivity contribution in [2.75, 3.05) is 32.8 Å². The molecule has 0 radical (unpaired) electrons. The zero-order valence-electron chi connectivity index (χ0n) is 33.6. The molecule has 294 valence electrons. The summed E-state index contributed by atoms with van der Waals surface area (Å²) in [7, 11) is 0. The molecule has 0 aromatic rings. The molecule has 6 nitrogen and oxygen atoms in total. The van der Waals surface area contributed by atoms with E-state index in [4.69, 9.17) is 9.47 Å². The van der Waals surface area contributed by atoms with E-state index >= 15 is 0 Å². The second kappa shape index (κ2) is 40.2. The first kappa shape index (κ1) is 48.4. The number of ether oxygens (including phenoxy) is 2. The minimum Gasteiger partial charge on any atom is -0.462 e. The van der Waals surface area contributed by atoms with Gasteiger partial charge < -0.3 is 19.5 Å². The van der Waals surface area contributed by atoms with Gasteiger partial charge in [0.1, 0.15) is 6.10 Å². The molecule has 50 heavy (non-hydrogen) atoms. The van der Waals surface area contributed by atoms with Crippen molar-refractivity contribution in [2.45, 2.75) is 226 Å². The number of unbranched alkanes of at least 4 members (excludes halogenated alkanes) is 21. The number of carbonyl (C=O) groups is 2. The molecular weight excluding hydrogens is 622 g/mol. The summed E-state index contributed by atoms with van der Waals surface area (Å²) in [6.07, 6.45) is 34.9. The number of esters is 2. The van der Waals surface area contributed by atoms with Gasteiger partial charge in [0.15, 0.2) is 6.61 Å². The number of hydrogen-bond donors (Lipinski definition) is 1. The van der Waals surface area contributed by atoms with Crippen molar-refractivity contribution in [3.05, 3.63) is 0 Å². The lowest BCUT2D eigenvalue weighted by Crippen LogP contribution is -2.28. The second-order valence-corrected chi connectivity index (χ2v) is 14.7. The summed E-state index contributed by atoms with van der Waals surface area (Å²) >= 11 is 0. The molecular formula is C44H83NO5. The van der Waals surface area contributed by atoms with E-state index in [1.165, 1.54) is 109 Å². The standard InChI is InChI=1S/C44H83NO5/c1-4-7-10-13-16-17-21-26-34-42(33-25-20-15-12-9-6-3)50-44(48)36-27-22-19-23-29-37-45(39-32-40-46)38-30-28-35-43(47)49-41-31-24-18-14-11-8-5-2/h42,46H,4-23,25-30,32-41H2,1-3H3.